The summed E-state index contributed by atoms with van der Waals surface area (Å²) < 4.78 is 11.0. The van der Waals surface area contributed by atoms with Crippen molar-refractivity contribution in [2.24, 2.45) is 0 Å². The van der Waals surface area contributed by atoms with Crippen LogP contribution in [0.2, 0.25) is 0 Å². The van der Waals surface area contributed by atoms with Crippen LogP contribution in [0.4, 0.5) is 4.79 Å². The Bertz CT molecular complexity index is 913. The van der Waals surface area contributed by atoms with Gasteiger partial charge in [-0.1, -0.05) is 30.3 Å². The molecule has 2 amide bonds. The Morgan fingerprint density at radius 2 is 1.87 bits per heavy atom. The van der Waals surface area contributed by atoms with Crippen LogP contribution in [0, 0.1) is 0 Å². The van der Waals surface area contributed by atoms with Gasteiger partial charge in [-0.2, -0.15) is 0 Å². The van der Waals surface area contributed by atoms with Gasteiger partial charge in [-0.3, -0.25) is 4.79 Å². The van der Waals surface area contributed by atoms with Gasteiger partial charge in [0.25, 0.3) is 5.91 Å². The lowest BCUT2D eigenvalue weighted by Crippen LogP contribution is -2.47. The van der Waals surface area contributed by atoms with E-state index in [1.807, 2.05) is 64.6 Å². The number of cyclic esters (lactones) is 1. The van der Waals surface area contributed by atoms with Crippen molar-refractivity contribution in [2.75, 3.05) is 33.0 Å². The molecule has 0 spiro atoms. The van der Waals surface area contributed by atoms with Gasteiger partial charge >= 0.3 is 6.09 Å². The van der Waals surface area contributed by atoms with E-state index >= 15 is 0 Å². The first-order valence-corrected chi connectivity index (χ1v) is 11.4. The second kappa shape index (κ2) is 9.00. The summed E-state index contributed by atoms with van der Waals surface area (Å²) in [5, 5.41) is 0. The first-order chi connectivity index (χ1) is 14.6. The van der Waals surface area contributed by atoms with Gasteiger partial charge in [0.15, 0.2) is 0 Å². The number of nitrogens with zero attached hydrogens (tertiary/aromatic N) is 2. The van der Waals surface area contributed by atoms with E-state index in [9.17, 15) is 9.59 Å². The zero-order valence-electron chi connectivity index (χ0n) is 17.2. The van der Waals surface area contributed by atoms with E-state index in [1.165, 1.54) is 0 Å². The number of thioether (sulfide) groups is 1. The molecule has 6 nitrogen and oxygen atoms in total. The predicted molar refractivity (Wildman–Crippen MR) is 116 cm³/mol. The van der Waals surface area contributed by atoms with E-state index in [-0.39, 0.29) is 24.1 Å². The number of hydrogen-bond donors (Lipinski definition) is 0. The van der Waals surface area contributed by atoms with Crippen molar-refractivity contribution in [3.8, 4) is 5.75 Å². The fourth-order valence-electron chi connectivity index (χ4n) is 4.15. The second-order valence-corrected chi connectivity index (χ2v) is 8.40. The molecule has 2 aliphatic rings. The highest BCUT2D eigenvalue weighted by Crippen LogP contribution is 2.31. The Morgan fingerprint density at radius 3 is 2.53 bits per heavy atom. The average Bonchev–Trinajstić information content (AvgIpc) is 3.20. The summed E-state index contributed by atoms with van der Waals surface area (Å²) in [4.78, 5) is 30.2. The Labute approximate surface area is 181 Å². The molecule has 1 atom stereocenters. The maximum absolute atomic E-state index is 13.0. The monoisotopic (exact) mass is 426 g/mol. The molecule has 0 saturated carbocycles. The highest BCUT2D eigenvalue weighted by molar-refractivity contribution is 7.98. The quantitative estimate of drug-likeness (QED) is 0.670. The van der Waals surface area contributed by atoms with Crippen molar-refractivity contribution in [3.05, 3.63) is 59.7 Å². The number of piperidine rings is 1. The summed E-state index contributed by atoms with van der Waals surface area (Å²) in [5.74, 6) is 0.576. The summed E-state index contributed by atoms with van der Waals surface area (Å²) in [6, 6.07) is 15.6. The van der Waals surface area contributed by atoms with Crippen molar-refractivity contribution in [1.82, 2.24) is 9.80 Å². The largest absolute Gasteiger partial charge is 0.496 e. The van der Waals surface area contributed by atoms with Gasteiger partial charge in [0, 0.05) is 24.0 Å². The fourth-order valence-corrected chi connectivity index (χ4v) is 4.57. The summed E-state index contributed by atoms with van der Waals surface area (Å²) in [6.07, 6.45) is 2.99. The molecule has 1 unspecified atom stereocenters. The summed E-state index contributed by atoms with van der Waals surface area (Å²) in [5.41, 5.74) is 1.60. The molecule has 2 aromatic rings. The zero-order chi connectivity index (χ0) is 21.1. The van der Waals surface area contributed by atoms with Crippen LogP contribution in [0.25, 0.3) is 0 Å². The number of benzene rings is 2. The summed E-state index contributed by atoms with van der Waals surface area (Å²) in [6.45, 7) is 1.78. The molecule has 0 N–H and O–H groups in total. The summed E-state index contributed by atoms with van der Waals surface area (Å²) in [7, 11) is 1.59. The number of amides is 2. The van der Waals surface area contributed by atoms with Crippen LogP contribution >= 0.6 is 11.8 Å². The number of rotatable bonds is 5. The Balaban J connectivity index is 1.38. The van der Waals surface area contributed by atoms with E-state index in [1.54, 1.807) is 18.9 Å². The third-order valence-corrected chi connectivity index (χ3v) is 6.57. The van der Waals surface area contributed by atoms with Gasteiger partial charge in [-0.05, 0) is 42.9 Å². The molecule has 0 bridgehead atoms. The van der Waals surface area contributed by atoms with Gasteiger partial charge in [0.1, 0.15) is 11.9 Å². The van der Waals surface area contributed by atoms with E-state index < -0.39 is 0 Å². The SMILES string of the molecule is COc1cc(SC)ccc1C(=O)N1CCC(N2CC(c3ccccc3)OC2=O)CC1. The molecule has 2 fully saturated rings. The van der Waals surface area contributed by atoms with Crippen LogP contribution in [0.1, 0.15) is 34.9 Å². The minimum absolute atomic E-state index is 0.0240. The Morgan fingerprint density at radius 1 is 1.13 bits per heavy atom. The van der Waals surface area contributed by atoms with Crippen LogP contribution in [0.5, 0.6) is 5.75 Å². The van der Waals surface area contributed by atoms with Crippen molar-refractivity contribution in [3.63, 3.8) is 0 Å². The smallest absolute Gasteiger partial charge is 0.410 e. The standard InChI is InChI=1S/C23H26N2O4S/c1-28-20-14-18(30-2)8-9-19(20)22(26)24-12-10-17(11-13-24)25-15-21(29-23(25)27)16-6-4-3-5-7-16/h3-9,14,17,21H,10-13,15H2,1-2H3. The van der Waals surface area contributed by atoms with Crippen molar-refractivity contribution in [2.45, 2.75) is 29.9 Å². The average molecular weight is 427 g/mol. The molecule has 2 heterocycles. The minimum atomic E-state index is -0.261. The number of likely N-dealkylation sites (tertiary alicyclic amines) is 1. The highest BCUT2D eigenvalue weighted by Gasteiger charge is 2.38. The van der Waals surface area contributed by atoms with Gasteiger partial charge in [0.05, 0.1) is 19.2 Å². The third kappa shape index (κ3) is 4.12. The molecule has 2 aliphatic heterocycles. The molecule has 7 heteroatoms. The zero-order valence-corrected chi connectivity index (χ0v) is 18.1. The van der Waals surface area contributed by atoms with E-state index in [2.05, 4.69) is 0 Å². The first kappa shape index (κ1) is 20.6. The third-order valence-electron chi connectivity index (χ3n) is 5.84. The molecule has 0 aliphatic carbocycles. The van der Waals surface area contributed by atoms with Crippen LogP contribution in [-0.2, 0) is 4.74 Å². The van der Waals surface area contributed by atoms with Crippen LogP contribution in [0.15, 0.2) is 53.4 Å². The molecule has 0 radical (unpaired) electrons. The normalized spacial score (nSPS) is 19.7. The molecule has 158 valence electrons. The van der Waals surface area contributed by atoms with Gasteiger partial charge in [0.2, 0.25) is 0 Å². The lowest BCUT2D eigenvalue weighted by atomic mass is 10.0. The molecule has 4 rings (SSSR count). The number of carbonyl (C=O) groups is 2. The summed E-state index contributed by atoms with van der Waals surface area (Å²) >= 11 is 1.61. The number of ether oxygens (including phenoxy) is 2. The van der Waals surface area contributed by atoms with Crippen LogP contribution in [-0.4, -0.2) is 60.8 Å². The Hall–Kier alpha value is -2.67. The first-order valence-electron chi connectivity index (χ1n) is 10.1. The molecule has 30 heavy (non-hydrogen) atoms. The molecular weight excluding hydrogens is 400 g/mol. The lowest BCUT2D eigenvalue weighted by molar-refractivity contribution is 0.0655. The van der Waals surface area contributed by atoms with Crippen LogP contribution in [0.3, 0.4) is 0 Å². The van der Waals surface area contributed by atoms with Crippen molar-refractivity contribution >= 4 is 23.8 Å². The molecular formula is C23H26N2O4S. The van der Waals surface area contributed by atoms with Crippen LogP contribution < -0.4 is 4.74 Å². The van der Waals surface area contributed by atoms with Crippen molar-refractivity contribution in [1.29, 1.82) is 0 Å². The van der Waals surface area contributed by atoms with Gasteiger partial charge < -0.3 is 19.3 Å². The van der Waals surface area contributed by atoms with E-state index in [4.69, 9.17) is 9.47 Å². The number of methoxy groups -OCH3 is 1. The lowest BCUT2D eigenvalue weighted by Gasteiger charge is -2.35. The Kier molecular flexibility index (Phi) is 6.18. The second-order valence-electron chi connectivity index (χ2n) is 7.53. The molecule has 0 aromatic heterocycles. The minimum Gasteiger partial charge on any atom is -0.496 e. The maximum Gasteiger partial charge on any atom is 0.410 e. The number of hydrogen-bond acceptors (Lipinski definition) is 5. The molecule has 2 aromatic carbocycles. The van der Waals surface area contributed by atoms with E-state index in [0.29, 0.717) is 30.9 Å². The van der Waals surface area contributed by atoms with Gasteiger partial charge in [-0.15, -0.1) is 11.8 Å². The topological polar surface area (TPSA) is 59.1 Å². The van der Waals surface area contributed by atoms with Gasteiger partial charge in [-0.25, -0.2) is 4.79 Å². The highest BCUT2D eigenvalue weighted by atomic mass is 32.2. The van der Waals surface area contributed by atoms with Crippen molar-refractivity contribution < 1.29 is 19.1 Å². The molecule has 2 saturated heterocycles. The van der Waals surface area contributed by atoms with E-state index in [0.717, 1.165) is 23.3 Å². The fraction of sp³-hybridized carbons (Fsp3) is 0.391. The predicted octanol–water partition coefficient (Wildman–Crippen LogP) is 4.22. The number of carbonyl (C=O) groups excluding carboxylic acids is 2. The maximum atomic E-state index is 13.0.